The number of carboxylic acids is 1. The van der Waals surface area contributed by atoms with Crippen LogP contribution in [-0.2, 0) is 14.3 Å². The van der Waals surface area contributed by atoms with Crippen molar-refractivity contribution >= 4 is 29.7 Å². The molecule has 0 aromatic carbocycles. The Kier molecular flexibility index (Phi) is 6.56. The van der Waals surface area contributed by atoms with Gasteiger partial charge in [-0.3, -0.25) is 4.79 Å². The highest BCUT2D eigenvalue weighted by Crippen LogP contribution is 2.33. The molecular formula is C18H23ClN2O4. The average Bonchev–Trinajstić information content (AvgIpc) is 3.08. The third-order valence-electron chi connectivity index (χ3n) is 4.50. The van der Waals surface area contributed by atoms with E-state index in [1.807, 2.05) is 0 Å². The van der Waals surface area contributed by atoms with E-state index in [0.717, 1.165) is 12.8 Å². The summed E-state index contributed by atoms with van der Waals surface area (Å²) >= 11 is 5.83. The number of halogens is 1. The molecule has 2 heterocycles. The van der Waals surface area contributed by atoms with Crippen molar-refractivity contribution in [1.82, 2.24) is 4.90 Å². The smallest absolute Gasteiger partial charge is 0.333 e. The molecule has 0 spiro atoms. The number of rotatable bonds is 6. The van der Waals surface area contributed by atoms with Crippen LogP contribution in [0, 0.1) is 5.92 Å². The van der Waals surface area contributed by atoms with E-state index >= 15 is 0 Å². The Balaban J connectivity index is 2.28. The van der Waals surface area contributed by atoms with Gasteiger partial charge in [0.15, 0.2) is 0 Å². The van der Waals surface area contributed by atoms with Crippen molar-refractivity contribution in [1.29, 1.82) is 0 Å². The number of carbonyl (C=O) groups excluding carboxylic acids is 1. The van der Waals surface area contributed by atoms with Crippen molar-refractivity contribution in [2.24, 2.45) is 10.9 Å². The summed E-state index contributed by atoms with van der Waals surface area (Å²) in [5.41, 5.74) is 1.06. The first kappa shape index (κ1) is 19.4. The molecule has 1 fully saturated rings. The normalized spacial score (nSPS) is 25.2. The van der Waals surface area contributed by atoms with Gasteiger partial charge >= 0.3 is 5.97 Å². The third kappa shape index (κ3) is 4.58. The summed E-state index contributed by atoms with van der Waals surface area (Å²) in [5.74, 6) is -1.80. The number of ether oxygens (including phenoxy) is 1. The second kappa shape index (κ2) is 8.45. The van der Waals surface area contributed by atoms with Crippen LogP contribution in [0.4, 0.5) is 0 Å². The Morgan fingerprint density at radius 1 is 1.56 bits per heavy atom. The van der Waals surface area contributed by atoms with Crippen LogP contribution < -0.4 is 0 Å². The molecule has 2 atom stereocenters. The lowest BCUT2D eigenvalue weighted by Crippen LogP contribution is -2.42. The van der Waals surface area contributed by atoms with Gasteiger partial charge in [-0.2, -0.15) is 0 Å². The molecule has 2 aliphatic heterocycles. The molecule has 6 nitrogen and oxygen atoms in total. The number of amides is 1. The van der Waals surface area contributed by atoms with Crippen LogP contribution in [0.5, 0.6) is 0 Å². The fourth-order valence-electron chi connectivity index (χ4n) is 3.13. The zero-order chi connectivity index (χ0) is 18.6. The minimum atomic E-state index is -1.06. The molecule has 2 rings (SSSR count). The van der Waals surface area contributed by atoms with E-state index in [4.69, 9.17) is 16.3 Å². The molecule has 0 unspecified atom stereocenters. The standard InChI is InChI=1S/C18H23ClN2O4/c1-4-15(19)20-9-11(2)14-8-16(22)21(10-13-6-5-7-25-13)12(3)17(14)18(23)24/h4,9,13-14H,2,5-8,10H2,1,3H3,(H,23,24)/b15-4-,20-9-/t13-,14+/m1/s1. The zero-order valence-corrected chi connectivity index (χ0v) is 15.3. The number of hydrogen-bond acceptors (Lipinski definition) is 4. The minimum absolute atomic E-state index is 0.0382. The van der Waals surface area contributed by atoms with Gasteiger partial charge in [0.25, 0.3) is 0 Å². The predicted octanol–water partition coefficient (Wildman–Crippen LogP) is 3.10. The zero-order valence-electron chi connectivity index (χ0n) is 14.5. The number of allylic oxidation sites excluding steroid dienone is 3. The molecule has 1 saturated heterocycles. The van der Waals surface area contributed by atoms with Crippen LogP contribution >= 0.6 is 11.6 Å². The fraction of sp³-hybridized carbons (Fsp3) is 0.500. The van der Waals surface area contributed by atoms with E-state index in [1.54, 1.807) is 19.9 Å². The number of aliphatic carboxylic acids is 1. The van der Waals surface area contributed by atoms with Crippen LogP contribution in [-0.4, -0.2) is 47.4 Å². The molecule has 0 aromatic rings. The average molecular weight is 367 g/mol. The van der Waals surface area contributed by atoms with E-state index in [1.165, 1.54) is 11.1 Å². The maximum Gasteiger partial charge on any atom is 0.333 e. The number of aliphatic imine (C=N–C) groups is 1. The molecule has 0 aromatic heterocycles. The van der Waals surface area contributed by atoms with Crippen LogP contribution in [0.15, 0.2) is 39.6 Å². The van der Waals surface area contributed by atoms with Crippen molar-refractivity contribution in [2.75, 3.05) is 13.2 Å². The predicted molar refractivity (Wildman–Crippen MR) is 96.4 cm³/mol. The largest absolute Gasteiger partial charge is 0.478 e. The number of carbonyl (C=O) groups is 2. The Hall–Kier alpha value is -1.92. The molecule has 0 aliphatic carbocycles. The van der Waals surface area contributed by atoms with Crippen LogP contribution in [0.25, 0.3) is 0 Å². The lowest BCUT2D eigenvalue weighted by molar-refractivity contribution is -0.136. The van der Waals surface area contributed by atoms with Gasteiger partial charge in [0.05, 0.1) is 18.2 Å². The Labute approximate surface area is 152 Å². The van der Waals surface area contributed by atoms with Gasteiger partial charge in [-0.05, 0) is 32.3 Å². The highest BCUT2D eigenvalue weighted by Gasteiger charge is 2.37. The number of nitrogens with zero attached hydrogens (tertiary/aromatic N) is 2. The Morgan fingerprint density at radius 2 is 2.28 bits per heavy atom. The first-order chi connectivity index (χ1) is 11.8. The SMILES string of the molecule is C=C(/C=N\C(Cl)=C/C)[C@@H]1CC(=O)N(C[C@H]2CCCO2)C(C)=C1C(=O)O. The topological polar surface area (TPSA) is 79.2 Å². The summed E-state index contributed by atoms with van der Waals surface area (Å²) < 4.78 is 5.58. The van der Waals surface area contributed by atoms with Gasteiger partial charge < -0.3 is 14.7 Å². The number of carboxylic acid groups (broad SMARTS) is 1. The first-order valence-corrected chi connectivity index (χ1v) is 8.63. The van der Waals surface area contributed by atoms with Crippen molar-refractivity contribution in [3.63, 3.8) is 0 Å². The van der Waals surface area contributed by atoms with E-state index in [-0.39, 0.29) is 29.2 Å². The highest BCUT2D eigenvalue weighted by atomic mass is 35.5. The number of hydrogen-bond donors (Lipinski definition) is 1. The minimum Gasteiger partial charge on any atom is -0.478 e. The van der Waals surface area contributed by atoms with Crippen molar-refractivity contribution in [2.45, 2.75) is 39.2 Å². The van der Waals surface area contributed by atoms with Crippen LogP contribution in [0.2, 0.25) is 0 Å². The molecule has 7 heteroatoms. The molecule has 1 amide bonds. The Morgan fingerprint density at radius 3 is 2.84 bits per heavy atom. The highest BCUT2D eigenvalue weighted by molar-refractivity contribution is 6.29. The summed E-state index contributed by atoms with van der Waals surface area (Å²) in [6.45, 7) is 8.35. The third-order valence-corrected chi connectivity index (χ3v) is 4.82. The Bertz CT molecular complexity index is 660. The van der Waals surface area contributed by atoms with E-state index in [2.05, 4.69) is 11.6 Å². The monoisotopic (exact) mass is 366 g/mol. The summed E-state index contributed by atoms with van der Waals surface area (Å²) in [6.07, 6.45) is 4.88. The molecule has 2 aliphatic rings. The molecule has 0 bridgehead atoms. The van der Waals surface area contributed by atoms with Gasteiger partial charge in [-0.1, -0.05) is 24.3 Å². The van der Waals surface area contributed by atoms with Crippen molar-refractivity contribution < 1.29 is 19.4 Å². The maximum absolute atomic E-state index is 12.6. The maximum atomic E-state index is 12.6. The van der Waals surface area contributed by atoms with Gasteiger partial charge in [-0.15, -0.1) is 0 Å². The lowest BCUT2D eigenvalue weighted by atomic mass is 9.84. The fourth-order valence-corrected chi connectivity index (χ4v) is 3.18. The van der Waals surface area contributed by atoms with Crippen molar-refractivity contribution in [3.8, 4) is 0 Å². The molecule has 0 radical (unpaired) electrons. The molecule has 25 heavy (non-hydrogen) atoms. The van der Waals surface area contributed by atoms with Gasteiger partial charge in [-0.25, -0.2) is 9.79 Å². The molecule has 0 saturated carbocycles. The van der Waals surface area contributed by atoms with E-state index < -0.39 is 11.9 Å². The summed E-state index contributed by atoms with van der Waals surface area (Å²) in [6, 6.07) is 0. The lowest BCUT2D eigenvalue weighted by Gasteiger charge is -2.35. The van der Waals surface area contributed by atoms with Gasteiger partial charge in [0, 0.05) is 30.9 Å². The molecular weight excluding hydrogens is 344 g/mol. The van der Waals surface area contributed by atoms with Crippen LogP contribution in [0.1, 0.15) is 33.1 Å². The van der Waals surface area contributed by atoms with Crippen molar-refractivity contribution in [3.05, 3.63) is 34.7 Å². The van der Waals surface area contributed by atoms with E-state index in [0.29, 0.717) is 24.4 Å². The second-order valence-corrected chi connectivity index (χ2v) is 6.53. The van der Waals surface area contributed by atoms with E-state index in [9.17, 15) is 14.7 Å². The molecule has 136 valence electrons. The van der Waals surface area contributed by atoms with Crippen LogP contribution in [0.3, 0.4) is 0 Å². The summed E-state index contributed by atoms with van der Waals surface area (Å²) in [4.78, 5) is 29.9. The summed E-state index contributed by atoms with van der Waals surface area (Å²) in [5, 5.41) is 9.94. The first-order valence-electron chi connectivity index (χ1n) is 8.25. The second-order valence-electron chi connectivity index (χ2n) is 6.14. The molecule has 1 N–H and O–H groups in total. The quantitative estimate of drug-likeness (QED) is 0.578. The van der Waals surface area contributed by atoms with Gasteiger partial charge in [0.2, 0.25) is 5.91 Å². The summed E-state index contributed by atoms with van der Waals surface area (Å²) in [7, 11) is 0. The van der Waals surface area contributed by atoms with Gasteiger partial charge in [0.1, 0.15) is 5.16 Å².